The van der Waals surface area contributed by atoms with Crippen molar-refractivity contribution in [1.29, 1.82) is 0 Å². The summed E-state index contributed by atoms with van der Waals surface area (Å²) in [5.74, 6) is -0.443. The molecule has 5 nitrogen and oxygen atoms in total. The lowest BCUT2D eigenvalue weighted by Crippen LogP contribution is -2.22. The summed E-state index contributed by atoms with van der Waals surface area (Å²) in [6.07, 6.45) is 1.85. The van der Waals surface area contributed by atoms with Crippen LogP contribution in [0.5, 0.6) is 5.88 Å². The van der Waals surface area contributed by atoms with Crippen molar-refractivity contribution in [3.05, 3.63) is 74.6 Å². The van der Waals surface area contributed by atoms with Crippen molar-refractivity contribution in [1.82, 2.24) is 4.68 Å². The summed E-state index contributed by atoms with van der Waals surface area (Å²) in [6, 6.07) is 16.6. The number of para-hydroxylation sites is 1. The van der Waals surface area contributed by atoms with Gasteiger partial charge in [-0.1, -0.05) is 47.7 Å². The van der Waals surface area contributed by atoms with Crippen LogP contribution in [0.2, 0.25) is 0 Å². The van der Waals surface area contributed by atoms with Crippen LogP contribution in [-0.2, 0) is 0 Å². The van der Waals surface area contributed by atoms with E-state index in [0.717, 1.165) is 22.5 Å². The van der Waals surface area contributed by atoms with Gasteiger partial charge in [-0.05, 0) is 43.4 Å². The second kappa shape index (κ2) is 6.94. The van der Waals surface area contributed by atoms with Crippen molar-refractivity contribution >= 4 is 52.5 Å². The maximum Gasteiger partial charge on any atom is 0.270 e. The molecule has 2 N–H and O–H groups in total. The highest BCUT2D eigenvalue weighted by molar-refractivity contribution is 7.73. The molecule has 0 radical (unpaired) electrons. The van der Waals surface area contributed by atoms with Gasteiger partial charge in [0.25, 0.3) is 5.91 Å². The van der Waals surface area contributed by atoms with Gasteiger partial charge in [0, 0.05) is 22.4 Å². The molecule has 0 atom stereocenters. The summed E-state index contributed by atoms with van der Waals surface area (Å²) in [7, 11) is 0. The number of carbonyl (C=O) groups is 1. The Bertz CT molecular complexity index is 1160. The number of amides is 1. The molecule has 0 unspecified atom stereocenters. The van der Waals surface area contributed by atoms with Crippen molar-refractivity contribution in [2.75, 3.05) is 5.43 Å². The molecule has 7 heteroatoms. The summed E-state index contributed by atoms with van der Waals surface area (Å²) in [6.45, 7) is 1.93. The van der Waals surface area contributed by atoms with Gasteiger partial charge in [0.2, 0.25) is 5.88 Å². The quantitative estimate of drug-likeness (QED) is 0.614. The number of fused-ring (bicyclic) bond motifs is 1. The summed E-state index contributed by atoms with van der Waals surface area (Å²) in [5.41, 5.74) is 6.84. The molecule has 4 rings (SSSR count). The van der Waals surface area contributed by atoms with Crippen LogP contribution in [0.3, 0.4) is 0 Å². The van der Waals surface area contributed by atoms with Gasteiger partial charge in [-0.2, -0.15) is 4.68 Å². The van der Waals surface area contributed by atoms with E-state index in [4.69, 9.17) is 12.2 Å². The zero-order chi connectivity index (χ0) is 19.0. The molecule has 0 saturated heterocycles. The van der Waals surface area contributed by atoms with Crippen LogP contribution in [0.4, 0.5) is 5.69 Å². The fourth-order valence-corrected chi connectivity index (χ4v) is 4.05. The number of thiazole rings is 1. The van der Waals surface area contributed by atoms with Crippen molar-refractivity contribution < 1.29 is 9.90 Å². The number of aromatic hydroxyl groups is 1. The number of nitrogens with one attached hydrogen (secondary N) is 1. The lowest BCUT2D eigenvalue weighted by Gasteiger charge is -2.07. The molecule has 134 valence electrons. The van der Waals surface area contributed by atoms with E-state index in [9.17, 15) is 9.90 Å². The first kappa shape index (κ1) is 17.4. The van der Waals surface area contributed by atoms with Gasteiger partial charge in [0.15, 0.2) is 3.95 Å². The van der Waals surface area contributed by atoms with E-state index in [-0.39, 0.29) is 11.8 Å². The van der Waals surface area contributed by atoms with Crippen LogP contribution in [0.1, 0.15) is 27.7 Å². The molecule has 0 spiro atoms. The lowest BCUT2D eigenvalue weighted by molar-refractivity contribution is 0.101. The Balaban J connectivity index is 1.69. The number of hydrogen-bond acceptors (Lipinski definition) is 5. The van der Waals surface area contributed by atoms with E-state index in [1.807, 2.05) is 43.3 Å². The molecule has 0 aliphatic carbocycles. The van der Waals surface area contributed by atoms with Crippen molar-refractivity contribution in [3.8, 4) is 5.88 Å². The summed E-state index contributed by atoms with van der Waals surface area (Å²) in [5, 5.41) is 10.6. The van der Waals surface area contributed by atoms with Crippen LogP contribution < -0.4 is 5.43 Å². The second-order valence-electron chi connectivity index (χ2n) is 5.97. The van der Waals surface area contributed by atoms with E-state index >= 15 is 0 Å². The zero-order valence-corrected chi connectivity index (χ0v) is 16.0. The molecule has 1 aromatic heterocycles. The van der Waals surface area contributed by atoms with Gasteiger partial charge in [0.05, 0.1) is 10.6 Å². The smallest absolute Gasteiger partial charge is 0.270 e. The third kappa shape index (κ3) is 3.22. The van der Waals surface area contributed by atoms with Crippen LogP contribution in [-0.4, -0.2) is 21.4 Å². The molecular weight excluding hydrogens is 378 g/mol. The van der Waals surface area contributed by atoms with Gasteiger partial charge in [0.1, 0.15) is 0 Å². The average Bonchev–Trinajstić information content (AvgIpc) is 3.13. The maximum atomic E-state index is 12.4. The molecule has 1 amide bonds. The summed E-state index contributed by atoms with van der Waals surface area (Å²) in [4.78, 5) is 17.5. The molecule has 27 heavy (non-hydrogen) atoms. The van der Waals surface area contributed by atoms with Crippen LogP contribution in [0.15, 0.2) is 59.6 Å². The Labute approximate surface area is 164 Å². The van der Waals surface area contributed by atoms with E-state index in [2.05, 4.69) is 10.4 Å². The number of hydrogen-bond donors (Lipinski definition) is 2. The first-order valence-electron chi connectivity index (χ1n) is 8.22. The van der Waals surface area contributed by atoms with Gasteiger partial charge in [-0.3, -0.25) is 15.2 Å². The third-order valence-corrected chi connectivity index (χ3v) is 5.52. The zero-order valence-electron chi connectivity index (χ0n) is 14.3. The average molecular weight is 393 g/mol. The van der Waals surface area contributed by atoms with Gasteiger partial charge >= 0.3 is 0 Å². The molecule has 0 saturated carbocycles. The fourth-order valence-electron chi connectivity index (χ4n) is 2.88. The van der Waals surface area contributed by atoms with Crippen LogP contribution in [0, 0.1) is 3.95 Å². The molecule has 0 bridgehead atoms. The lowest BCUT2D eigenvalue weighted by atomic mass is 10.0. The second-order valence-corrected chi connectivity index (χ2v) is 7.65. The monoisotopic (exact) mass is 393 g/mol. The number of allylic oxidation sites excluding steroid dienone is 1. The topological polar surface area (TPSA) is 66.6 Å². The standard InChI is InChI=1S/C20H15N3O2S2/c1-12-15(14-9-5-6-10-16(14)21-12)11-17-19(25)23(20(26)27-17)22-18(24)13-7-3-2-4-8-13/h2-11,25H,1H3,(H,22,24). The number of nitrogens with zero attached hydrogens (tertiary/aromatic N) is 2. The van der Waals surface area contributed by atoms with Gasteiger partial charge in [-0.15, -0.1) is 0 Å². The van der Waals surface area contributed by atoms with Crippen LogP contribution in [0.25, 0.3) is 11.6 Å². The summed E-state index contributed by atoms with van der Waals surface area (Å²) >= 11 is 6.55. The number of rotatable bonds is 3. The molecule has 1 aliphatic heterocycles. The Kier molecular flexibility index (Phi) is 4.47. The normalized spacial score (nSPS) is 14.1. The number of benzene rings is 2. The number of aromatic nitrogens is 1. The maximum absolute atomic E-state index is 12.4. The Morgan fingerprint density at radius 2 is 1.89 bits per heavy atom. The molecular formula is C20H15N3O2S2. The summed E-state index contributed by atoms with van der Waals surface area (Å²) < 4.78 is 1.58. The molecule has 2 heterocycles. The predicted octanol–water partition coefficient (Wildman–Crippen LogP) is 5.02. The van der Waals surface area contributed by atoms with E-state index in [1.54, 1.807) is 24.3 Å². The van der Waals surface area contributed by atoms with Gasteiger partial charge in [-0.25, -0.2) is 0 Å². The molecule has 1 aliphatic rings. The van der Waals surface area contributed by atoms with E-state index in [1.165, 1.54) is 16.0 Å². The van der Waals surface area contributed by atoms with Crippen molar-refractivity contribution in [2.24, 2.45) is 4.99 Å². The first-order valence-corrected chi connectivity index (χ1v) is 9.45. The van der Waals surface area contributed by atoms with E-state index in [0.29, 0.717) is 14.4 Å². The Morgan fingerprint density at radius 1 is 1.19 bits per heavy atom. The first-order chi connectivity index (χ1) is 13.0. The highest BCUT2D eigenvalue weighted by Gasteiger charge is 2.20. The van der Waals surface area contributed by atoms with Gasteiger partial charge < -0.3 is 5.11 Å². The van der Waals surface area contributed by atoms with Crippen LogP contribution >= 0.6 is 23.6 Å². The molecule has 2 aromatic carbocycles. The molecule has 0 fully saturated rings. The van der Waals surface area contributed by atoms with Crippen molar-refractivity contribution in [3.63, 3.8) is 0 Å². The minimum atomic E-state index is -0.344. The largest absolute Gasteiger partial charge is 0.492 e. The fraction of sp³-hybridized carbons (Fsp3) is 0.0500. The Morgan fingerprint density at radius 3 is 2.67 bits per heavy atom. The number of aliphatic imine (C=N–C) groups is 1. The minimum Gasteiger partial charge on any atom is -0.492 e. The highest BCUT2D eigenvalue weighted by Crippen LogP contribution is 2.38. The van der Waals surface area contributed by atoms with E-state index < -0.39 is 0 Å². The van der Waals surface area contributed by atoms with Crippen molar-refractivity contribution in [2.45, 2.75) is 6.92 Å². The SMILES string of the molecule is CC1=Nc2ccccc2C1=Cc1sc(=S)n(NC(=O)c2ccccc2)c1O. The Hall–Kier alpha value is -3.03. The molecule has 3 aromatic rings. The predicted molar refractivity (Wildman–Crippen MR) is 112 cm³/mol. The number of carbonyl (C=O) groups excluding carboxylic acids is 1. The third-order valence-electron chi connectivity index (χ3n) is 4.21. The minimum absolute atomic E-state index is 0.0982. The highest BCUT2D eigenvalue weighted by atomic mass is 32.1.